The van der Waals surface area contributed by atoms with Crippen LogP contribution in [0.1, 0.15) is 67.9 Å². The van der Waals surface area contributed by atoms with Crippen molar-refractivity contribution in [3.8, 4) is 0 Å². The Morgan fingerprint density at radius 3 is 2.95 bits per heavy atom. The first-order valence-electron chi connectivity index (χ1n) is 7.44. The monoisotopic (exact) mass is 273 g/mol. The molecule has 0 saturated carbocycles. The van der Waals surface area contributed by atoms with Crippen molar-refractivity contribution in [1.82, 2.24) is 15.3 Å². The van der Waals surface area contributed by atoms with Crippen molar-refractivity contribution in [2.45, 2.75) is 51.9 Å². The number of allylic oxidation sites excluding steroid dienone is 1. The molecule has 4 heteroatoms. The molecular formula is C16H23N3O. The molecule has 1 aliphatic carbocycles. The molecule has 20 heavy (non-hydrogen) atoms. The summed E-state index contributed by atoms with van der Waals surface area (Å²) < 4.78 is 0. The maximum Gasteiger partial charge on any atom is 0.254 e. The van der Waals surface area contributed by atoms with Crippen LogP contribution in [0.25, 0.3) is 0 Å². The Bertz CT molecular complexity index is 494. The molecule has 1 aliphatic rings. The molecule has 0 aromatic carbocycles. The number of amides is 1. The summed E-state index contributed by atoms with van der Waals surface area (Å²) in [4.78, 5) is 20.4. The molecule has 0 saturated heterocycles. The van der Waals surface area contributed by atoms with Crippen LogP contribution in [-0.4, -0.2) is 22.4 Å². The van der Waals surface area contributed by atoms with Gasteiger partial charge in [-0.2, -0.15) is 0 Å². The van der Waals surface area contributed by atoms with E-state index in [0.29, 0.717) is 12.1 Å². The highest BCUT2D eigenvalue weighted by Crippen LogP contribution is 2.19. The molecule has 0 atom stereocenters. The van der Waals surface area contributed by atoms with E-state index < -0.39 is 0 Å². The standard InChI is InChI=1S/C16H23N3O/c1-12(2)15-14(10-17-11-19-15)16(20)18-9-8-13-6-4-3-5-7-13/h6,10-12H,3-5,7-9H2,1-2H3,(H,18,20). The first kappa shape index (κ1) is 14.7. The summed E-state index contributed by atoms with van der Waals surface area (Å²) >= 11 is 0. The second-order valence-corrected chi connectivity index (χ2v) is 5.59. The summed E-state index contributed by atoms with van der Waals surface area (Å²) in [5.41, 5.74) is 2.89. The van der Waals surface area contributed by atoms with Crippen LogP contribution in [0, 0.1) is 0 Å². The zero-order valence-corrected chi connectivity index (χ0v) is 12.4. The van der Waals surface area contributed by atoms with E-state index >= 15 is 0 Å². The highest BCUT2D eigenvalue weighted by molar-refractivity contribution is 5.95. The number of nitrogens with one attached hydrogen (secondary N) is 1. The molecule has 2 rings (SSSR count). The van der Waals surface area contributed by atoms with Gasteiger partial charge in [-0.3, -0.25) is 4.79 Å². The number of aromatic nitrogens is 2. The fourth-order valence-electron chi connectivity index (χ4n) is 2.54. The van der Waals surface area contributed by atoms with Crippen molar-refractivity contribution in [2.75, 3.05) is 6.54 Å². The molecule has 4 nitrogen and oxygen atoms in total. The number of carbonyl (C=O) groups excluding carboxylic acids is 1. The summed E-state index contributed by atoms with van der Waals surface area (Å²) in [6.45, 7) is 4.76. The van der Waals surface area contributed by atoms with E-state index in [2.05, 4.69) is 21.4 Å². The number of rotatable bonds is 5. The highest BCUT2D eigenvalue weighted by Gasteiger charge is 2.15. The van der Waals surface area contributed by atoms with E-state index in [1.807, 2.05) is 13.8 Å². The zero-order chi connectivity index (χ0) is 14.4. The van der Waals surface area contributed by atoms with Crippen LogP contribution >= 0.6 is 0 Å². The molecule has 0 fully saturated rings. The van der Waals surface area contributed by atoms with Gasteiger partial charge in [-0.1, -0.05) is 25.5 Å². The predicted molar refractivity (Wildman–Crippen MR) is 79.6 cm³/mol. The van der Waals surface area contributed by atoms with E-state index in [-0.39, 0.29) is 11.8 Å². The van der Waals surface area contributed by atoms with Crippen LogP contribution in [0.3, 0.4) is 0 Å². The summed E-state index contributed by atoms with van der Waals surface area (Å²) in [6, 6.07) is 0. The third-order valence-corrected chi connectivity index (χ3v) is 3.65. The van der Waals surface area contributed by atoms with Crippen LogP contribution in [-0.2, 0) is 0 Å². The van der Waals surface area contributed by atoms with Gasteiger partial charge in [0.05, 0.1) is 11.3 Å². The fraction of sp³-hybridized carbons (Fsp3) is 0.562. The van der Waals surface area contributed by atoms with E-state index in [4.69, 9.17) is 0 Å². The lowest BCUT2D eigenvalue weighted by molar-refractivity contribution is 0.0952. The molecule has 1 heterocycles. The molecule has 0 aliphatic heterocycles. The van der Waals surface area contributed by atoms with Crippen LogP contribution in [0.2, 0.25) is 0 Å². The van der Waals surface area contributed by atoms with Gasteiger partial charge < -0.3 is 5.32 Å². The first-order valence-corrected chi connectivity index (χ1v) is 7.44. The van der Waals surface area contributed by atoms with Gasteiger partial charge in [-0.15, -0.1) is 0 Å². The van der Waals surface area contributed by atoms with E-state index in [9.17, 15) is 4.79 Å². The number of hydrogen-bond donors (Lipinski definition) is 1. The summed E-state index contributed by atoms with van der Waals surface area (Å²) in [5.74, 6) is 0.158. The van der Waals surface area contributed by atoms with Gasteiger partial charge in [-0.05, 0) is 38.0 Å². The Labute approximate surface area is 120 Å². The quantitative estimate of drug-likeness (QED) is 0.838. The summed E-state index contributed by atoms with van der Waals surface area (Å²) in [6.07, 6.45) is 11.3. The SMILES string of the molecule is CC(C)c1ncncc1C(=O)NCCC1=CCCCC1. The fourth-order valence-corrected chi connectivity index (χ4v) is 2.54. The van der Waals surface area contributed by atoms with Crippen LogP contribution < -0.4 is 5.32 Å². The molecule has 108 valence electrons. The molecule has 1 aromatic rings. The van der Waals surface area contributed by atoms with Crippen LogP contribution in [0.15, 0.2) is 24.2 Å². The minimum absolute atomic E-state index is 0.0642. The van der Waals surface area contributed by atoms with Crippen molar-refractivity contribution in [3.63, 3.8) is 0 Å². The van der Waals surface area contributed by atoms with Gasteiger partial charge in [-0.25, -0.2) is 9.97 Å². The van der Waals surface area contributed by atoms with Gasteiger partial charge in [0, 0.05) is 12.7 Å². The summed E-state index contributed by atoms with van der Waals surface area (Å²) in [5, 5.41) is 2.98. The van der Waals surface area contributed by atoms with Gasteiger partial charge >= 0.3 is 0 Å². The van der Waals surface area contributed by atoms with Crippen molar-refractivity contribution in [2.24, 2.45) is 0 Å². The molecule has 1 amide bonds. The van der Waals surface area contributed by atoms with Gasteiger partial charge in [0.15, 0.2) is 0 Å². The zero-order valence-electron chi connectivity index (χ0n) is 12.4. The lowest BCUT2D eigenvalue weighted by Crippen LogP contribution is -2.26. The average molecular weight is 273 g/mol. The average Bonchev–Trinajstić information content (AvgIpc) is 2.48. The molecule has 1 aromatic heterocycles. The molecule has 0 bridgehead atoms. The highest BCUT2D eigenvalue weighted by atomic mass is 16.1. The maximum atomic E-state index is 12.2. The Morgan fingerprint density at radius 1 is 1.40 bits per heavy atom. The Balaban J connectivity index is 1.90. The number of carbonyl (C=O) groups is 1. The molecule has 0 spiro atoms. The Hall–Kier alpha value is -1.71. The molecule has 1 N–H and O–H groups in total. The van der Waals surface area contributed by atoms with Gasteiger partial charge in [0.25, 0.3) is 5.91 Å². The molecular weight excluding hydrogens is 250 g/mol. The van der Waals surface area contributed by atoms with Gasteiger partial charge in [0.2, 0.25) is 0 Å². The Morgan fingerprint density at radius 2 is 2.25 bits per heavy atom. The normalized spacial score (nSPS) is 15.1. The largest absolute Gasteiger partial charge is 0.352 e. The van der Waals surface area contributed by atoms with Crippen molar-refractivity contribution in [3.05, 3.63) is 35.4 Å². The van der Waals surface area contributed by atoms with Crippen molar-refractivity contribution < 1.29 is 4.79 Å². The Kier molecular flexibility index (Phi) is 5.27. The van der Waals surface area contributed by atoms with E-state index in [0.717, 1.165) is 12.1 Å². The number of nitrogens with zero attached hydrogens (tertiary/aromatic N) is 2. The lowest BCUT2D eigenvalue weighted by atomic mass is 9.97. The minimum atomic E-state index is -0.0642. The topological polar surface area (TPSA) is 54.9 Å². The first-order chi connectivity index (χ1) is 9.68. The minimum Gasteiger partial charge on any atom is -0.352 e. The smallest absolute Gasteiger partial charge is 0.254 e. The third kappa shape index (κ3) is 3.89. The van der Waals surface area contributed by atoms with Crippen LogP contribution in [0.5, 0.6) is 0 Å². The van der Waals surface area contributed by atoms with E-state index in [1.54, 1.807) is 6.20 Å². The van der Waals surface area contributed by atoms with Crippen molar-refractivity contribution in [1.29, 1.82) is 0 Å². The third-order valence-electron chi connectivity index (χ3n) is 3.65. The second-order valence-electron chi connectivity index (χ2n) is 5.59. The molecule has 0 radical (unpaired) electrons. The maximum absolute atomic E-state index is 12.2. The van der Waals surface area contributed by atoms with Gasteiger partial charge in [0.1, 0.15) is 6.33 Å². The lowest BCUT2D eigenvalue weighted by Gasteiger charge is -2.14. The van der Waals surface area contributed by atoms with E-state index in [1.165, 1.54) is 37.6 Å². The number of hydrogen-bond acceptors (Lipinski definition) is 3. The van der Waals surface area contributed by atoms with Crippen LogP contribution in [0.4, 0.5) is 0 Å². The molecule has 0 unspecified atom stereocenters. The predicted octanol–water partition coefficient (Wildman–Crippen LogP) is 3.22. The van der Waals surface area contributed by atoms with Crippen molar-refractivity contribution >= 4 is 5.91 Å². The summed E-state index contributed by atoms with van der Waals surface area (Å²) in [7, 11) is 0. The second kappa shape index (κ2) is 7.17.